The van der Waals surface area contributed by atoms with Crippen LogP contribution in [0.15, 0.2) is 30.3 Å². The SMILES string of the molecule is CC(C)c1[nH]c(C=O)c(-c2ccccc2)c1C(=O)NCCCN1CCN(C)CC1. The van der Waals surface area contributed by atoms with Gasteiger partial charge in [0.15, 0.2) is 6.29 Å². The van der Waals surface area contributed by atoms with Crippen molar-refractivity contribution >= 4 is 12.2 Å². The third-order valence-electron chi connectivity index (χ3n) is 5.58. The molecule has 1 aromatic heterocycles. The molecule has 1 fully saturated rings. The maximum atomic E-state index is 13.1. The zero-order chi connectivity index (χ0) is 20.8. The lowest BCUT2D eigenvalue weighted by Crippen LogP contribution is -2.45. The predicted octanol–water partition coefficient (Wildman–Crippen LogP) is 2.98. The van der Waals surface area contributed by atoms with E-state index < -0.39 is 0 Å². The monoisotopic (exact) mass is 396 g/mol. The van der Waals surface area contributed by atoms with E-state index in [1.807, 2.05) is 44.2 Å². The largest absolute Gasteiger partial charge is 0.355 e. The molecule has 1 aliphatic heterocycles. The second-order valence-corrected chi connectivity index (χ2v) is 8.10. The van der Waals surface area contributed by atoms with Gasteiger partial charge < -0.3 is 20.1 Å². The molecule has 0 atom stereocenters. The molecule has 29 heavy (non-hydrogen) atoms. The molecular formula is C23H32N4O2. The van der Waals surface area contributed by atoms with Gasteiger partial charge in [-0.05, 0) is 31.5 Å². The first-order valence-electron chi connectivity index (χ1n) is 10.5. The summed E-state index contributed by atoms with van der Waals surface area (Å²) in [5.74, 6) is -0.00691. The lowest BCUT2D eigenvalue weighted by Gasteiger charge is -2.32. The van der Waals surface area contributed by atoms with Crippen molar-refractivity contribution in [1.82, 2.24) is 20.1 Å². The summed E-state index contributed by atoms with van der Waals surface area (Å²) in [5.41, 5.74) is 3.43. The van der Waals surface area contributed by atoms with Crippen LogP contribution >= 0.6 is 0 Å². The molecule has 2 heterocycles. The normalized spacial score (nSPS) is 15.6. The third kappa shape index (κ3) is 5.14. The lowest BCUT2D eigenvalue weighted by atomic mass is 9.96. The Hall–Kier alpha value is -2.44. The molecule has 3 rings (SSSR count). The highest BCUT2D eigenvalue weighted by molar-refractivity contribution is 6.06. The molecule has 0 unspecified atom stereocenters. The highest BCUT2D eigenvalue weighted by Gasteiger charge is 2.25. The summed E-state index contributed by atoms with van der Waals surface area (Å²) >= 11 is 0. The maximum Gasteiger partial charge on any atom is 0.253 e. The smallest absolute Gasteiger partial charge is 0.253 e. The number of aldehydes is 1. The molecule has 6 heteroatoms. The first kappa shape index (κ1) is 21.3. The van der Waals surface area contributed by atoms with Gasteiger partial charge in [0.25, 0.3) is 5.91 Å². The van der Waals surface area contributed by atoms with E-state index in [1.165, 1.54) is 0 Å². The Kier molecular flexibility index (Phi) is 7.23. The van der Waals surface area contributed by atoms with Crippen molar-refractivity contribution in [2.24, 2.45) is 0 Å². The van der Waals surface area contributed by atoms with E-state index in [2.05, 4.69) is 27.1 Å². The molecule has 0 spiro atoms. The Morgan fingerprint density at radius 2 is 1.86 bits per heavy atom. The molecule has 1 aromatic carbocycles. The molecule has 2 N–H and O–H groups in total. The van der Waals surface area contributed by atoms with Crippen LogP contribution in [0.4, 0.5) is 0 Å². The Morgan fingerprint density at radius 3 is 2.48 bits per heavy atom. The highest BCUT2D eigenvalue weighted by atomic mass is 16.1. The summed E-state index contributed by atoms with van der Waals surface area (Å²) in [4.78, 5) is 32.8. The Morgan fingerprint density at radius 1 is 1.17 bits per heavy atom. The number of amides is 1. The fourth-order valence-corrected chi connectivity index (χ4v) is 3.87. The number of piperazine rings is 1. The lowest BCUT2D eigenvalue weighted by molar-refractivity contribution is 0.0948. The molecule has 0 bridgehead atoms. The maximum absolute atomic E-state index is 13.1. The highest BCUT2D eigenvalue weighted by Crippen LogP contribution is 2.33. The van der Waals surface area contributed by atoms with Crippen LogP contribution in [0.25, 0.3) is 11.1 Å². The summed E-state index contributed by atoms with van der Waals surface area (Å²) in [6.07, 6.45) is 1.72. The first-order chi connectivity index (χ1) is 14.0. The molecule has 1 aliphatic rings. The van der Waals surface area contributed by atoms with Crippen LogP contribution in [0.5, 0.6) is 0 Å². The third-order valence-corrected chi connectivity index (χ3v) is 5.58. The number of hydrogen-bond donors (Lipinski definition) is 2. The van der Waals surface area contributed by atoms with Crippen LogP contribution in [-0.2, 0) is 0 Å². The van der Waals surface area contributed by atoms with E-state index in [1.54, 1.807) is 0 Å². The van der Waals surface area contributed by atoms with Crippen LogP contribution < -0.4 is 5.32 Å². The van der Waals surface area contributed by atoms with Crippen molar-refractivity contribution in [3.05, 3.63) is 47.3 Å². The second-order valence-electron chi connectivity index (χ2n) is 8.10. The fourth-order valence-electron chi connectivity index (χ4n) is 3.87. The second kappa shape index (κ2) is 9.85. The van der Waals surface area contributed by atoms with Gasteiger partial charge in [0.1, 0.15) is 0 Å². The van der Waals surface area contributed by atoms with Crippen molar-refractivity contribution in [2.45, 2.75) is 26.2 Å². The van der Waals surface area contributed by atoms with Gasteiger partial charge in [0, 0.05) is 44.0 Å². The van der Waals surface area contributed by atoms with E-state index >= 15 is 0 Å². The minimum absolute atomic E-state index is 0.109. The van der Waals surface area contributed by atoms with Crippen LogP contribution in [0.2, 0.25) is 0 Å². The van der Waals surface area contributed by atoms with Crippen LogP contribution in [0.3, 0.4) is 0 Å². The number of likely N-dealkylation sites (N-methyl/N-ethyl adjacent to an activating group) is 1. The average molecular weight is 397 g/mol. The van der Waals surface area contributed by atoms with Gasteiger partial charge in [0.2, 0.25) is 0 Å². The zero-order valence-corrected chi connectivity index (χ0v) is 17.7. The van der Waals surface area contributed by atoms with Crippen molar-refractivity contribution in [3.8, 4) is 11.1 Å². The minimum atomic E-state index is -0.115. The molecule has 0 aliphatic carbocycles. The van der Waals surface area contributed by atoms with Crippen LogP contribution in [0.1, 0.15) is 52.7 Å². The topological polar surface area (TPSA) is 68.4 Å². The van der Waals surface area contributed by atoms with Gasteiger partial charge >= 0.3 is 0 Å². The van der Waals surface area contributed by atoms with E-state index in [9.17, 15) is 9.59 Å². The number of hydrogen-bond acceptors (Lipinski definition) is 4. The Balaban J connectivity index is 1.72. The number of nitrogens with one attached hydrogen (secondary N) is 2. The molecule has 6 nitrogen and oxygen atoms in total. The summed E-state index contributed by atoms with van der Waals surface area (Å²) in [7, 11) is 2.15. The van der Waals surface area contributed by atoms with E-state index in [4.69, 9.17) is 0 Å². The zero-order valence-electron chi connectivity index (χ0n) is 17.7. The Labute approximate surface area is 173 Å². The molecular weight excluding hydrogens is 364 g/mol. The molecule has 0 saturated carbocycles. The van der Waals surface area contributed by atoms with E-state index in [0.29, 0.717) is 23.4 Å². The van der Waals surface area contributed by atoms with Crippen molar-refractivity contribution in [2.75, 3.05) is 46.3 Å². The molecule has 1 amide bonds. The van der Waals surface area contributed by atoms with Crippen molar-refractivity contribution in [3.63, 3.8) is 0 Å². The quantitative estimate of drug-likeness (QED) is 0.532. The standard InChI is InChI=1S/C23H32N4O2/c1-17(2)22-21(20(19(16-28)25-22)18-8-5-4-6-9-18)23(29)24-10-7-11-27-14-12-26(3)13-15-27/h4-6,8-9,16-17,25H,7,10-15H2,1-3H3,(H,24,29). The molecule has 156 valence electrons. The number of nitrogens with zero attached hydrogens (tertiary/aromatic N) is 2. The average Bonchev–Trinajstić information content (AvgIpc) is 3.13. The molecule has 1 saturated heterocycles. The molecule has 2 aromatic rings. The fraction of sp³-hybridized carbons (Fsp3) is 0.478. The first-order valence-corrected chi connectivity index (χ1v) is 10.5. The van der Waals surface area contributed by atoms with Gasteiger partial charge in [-0.25, -0.2) is 0 Å². The molecule has 0 radical (unpaired) electrons. The summed E-state index contributed by atoms with van der Waals surface area (Å²) in [6, 6.07) is 9.64. The number of aromatic amines is 1. The van der Waals surface area contributed by atoms with Crippen molar-refractivity contribution in [1.29, 1.82) is 0 Å². The van der Waals surface area contributed by atoms with E-state index in [0.717, 1.165) is 56.7 Å². The van der Waals surface area contributed by atoms with Gasteiger partial charge in [-0.2, -0.15) is 0 Å². The number of carbonyl (C=O) groups excluding carboxylic acids is 2. The number of carbonyl (C=O) groups is 2. The summed E-state index contributed by atoms with van der Waals surface area (Å²) in [5, 5.41) is 3.08. The van der Waals surface area contributed by atoms with Gasteiger partial charge in [-0.15, -0.1) is 0 Å². The summed E-state index contributed by atoms with van der Waals surface area (Å²) in [6.45, 7) is 10.0. The predicted molar refractivity (Wildman–Crippen MR) is 117 cm³/mol. The Bertz CT molecular complexity index is 821. The van der Waals surface area contributed by atoms with E-state index in [-0.39, 0.29) is 11.8 Å². The number of benzene rings is 1. The van der Waals surface area contributed by atoms with Crippen LogP contribution in [0, 0.1) is 0 Å². The van der Waals surface area contributed by atoms with Gasteiger partial charge in [-0.1, -0.05) is 44.2 Å². The summed E-state index contributed by atoms with van der Waals surface area (Å²) < 4.78 is 0. The number of aromatic nitrogens is 1. The number of rotatable bonds is 8. The van der Waals surface area contributed by atoms with Gasteiger partial charge in [0.05, 0.1) is 11.3 Å². The van der Waals surface area contributed by atoms with Crippen LogP contribution in [-0.4, -0.2) is 73.3 Å². The van der Waals surface area contributed by atoms with Crippen molar-refractivity contribution < 1.29 is 9.59 Å². The number of H-pyrrole nitrogens is 1. The van der Waals surface area contributed by atoms with Gasteiger partial charge in [-0.3, -0.25) is 9.59 Å². The minimum Gasteiger partial charge on any atom is -0.355 e.